The van der Waals surface area contributed by atoms with Gasteiger partial charge in [-0.2, -0.15) is 0 Å². The first kappa shape index (κ1) is 15.7. The maximum absolute atomic E-state index is 12.5. The Hall–Kier alpha value is -3.80. The summed E-state index contributed by atoms with van der Waals surface area (Å²) in [6, 6.07) is 15.1. The molecule has 26 heavy (non-hydrogen) atoms. The molecule has 0 saturated heterocycles. The molecule has 0 saturated carbocycles. The van der Waals surface area contributed by atoms with Gasteiger partial charge in [-0.1, -0.05) is 12.1 Å². The number of carbonyl (C=O) groups excluding carboxylic acids is 1. The number of anilines is 1. The highest BCUT2D eigenvalue weighted by molar-refractivity contribution is 6.06. The first-order valence-electron chi connectivity index (χ1n) is 7.92. The molecule has 0 aliphatic carbocycles. The van der Waals surface area contributed by atoms with Crippen molar-refractivity contribution in [2.75, 3.05) is 5.32 Å². The van der Waals surface area contributed by atoms with Crippen molar-refractivity contribution in [1.29, 1.82) is 0 Å². The molecule has 0 aliphatic rings. The predicted octanol–water partition coefficient (Wildman–Crippen LogP) is 3.50. The normalized spacial score (nSPS) is 10.6. The Kier molecular flexibility index (Phi) is 3.99. The summed E-state index contributed by atoms with van der Waals surface area (Å²) in [5, 5.41) is 3.14. The van der Waals surface area contributed by atoms with Crippen LogP contribution in [0, 0.1) is 0 Å². The van der Waals surface area contributed by atoms with Gasteiger partial charge in [0.2, 0.25) is 0 Å². The van der Waals surface area contributed by atoms with Gasteiger partial charge in [0.05, 0.1) is 11.1 Å². The van der Waals surface area contributed by atoms with Gasteiger partial charge < -0.3 is 9.73 Å². The molecule has 0 atom stereocenters. The number of hydrogen-bond donors (Lipinski definition) is 1. The van der Waals surface area contributed by atoms with E-state index in [2.05, 4.69) is 15.3 Å². The fraction of sp³-hybridized carbons (Fsp3) is 0. The lowest BCUT2D eigenvalue weighted by atomic mass is 10.1. The Bertz CT molecular complexity index is 1140. The molecular weight excluding hydrogens is 330 g/mol. The molecular formula is C20H13N3O3. The lowest BCUT2D eigenvalue weighted by Gasteiger charge is -2.09. The molecule has 0 spiro atoms. The van der Waals surface area contributed by atoms with E-state index in [4.69, 9.17) is 4.42 Å². The van der Waals surface area contributed by atoms with E-state index >= 15 is 0 Å². The van der Waals surface area contributed by atoms with Crippen molar-refractivity contribution < 1.29 is 9.21 Å². The van der Waals surface area contributed by atoms with Gasteiger partial charge in [0.15, 0.2) is 11.0 Å². The molecule has 0 fully saturated rings. The number of nitrogens with zero attached hydrogens (tertiary/aromatic N) is 2. The van der Waals surface area contributed by atoms with Crippen molar-refractivity contribution in [3.63, 3.8) is 0 Å². The van der Waals surface area contributed by atoms with Crippen molar-refractivity contribution >= 4 is 22.6 Å². The van der Waals surface area contributed by atoms with Crippen LogP contribution in [0.15, 0.2) is 82.4 Å². The number of para-hydroxylation sites is 1. The molecule has 0 unspecified atom stereocenters. The number of aromatic nitrogens is 2. The van der Waals surface area contributed by atoms with Crippen LogP contribution in [0.25, 0.3) is 22.3 Å². The predicted molar refractivity (Wildman–Crippen MR) is 97.9 cm³/mol. The first-order chi connectivity index (χ1) is 12.7. The highest BCUT2D eigenvalue weighted by Crippen LogP contribution is 2.26. The maximum atomic E-state index is 12.5. The van der Waals surface area contributed by atoms with Crippen molar-refractivity contribution in [2.45, 2.75) is 0 Å². The van der Waals surface area contributed by atoms with Gasteiger partial charge in [-0.05, 0) is 36.4 Å². The van der Waals surface area contributed by atoms with E-state index in [0.717, 1.165) is 0 Å². The van der Waals surface area contributed by atoms with Crippen LogP contribution in [0.2, 0.25) is 0 Å². The Labute approximate surface area is 148 Å². The SMILES string of the molecule is O=C(Nc1cccc2c(=O)cc(-c3cccnc3)oc12)c1ccccn1. The summed E-state index contributed by atoms with van der Waals surface area (Å²) in [6.07, 6.45) is 4.79. The summed E-state index contributed by atoms with van der Waals surface area (Å²) in [5.74, 6) is 0.00247. The zero-order valence-corrected chi connectivity index (χ0v) is 13.5. The molecule has 6 heteroatoms. The van der Waals surface area contributed by atoms with E-state index in [-0.39, 0.29) is 17.0 Å². The fourth-order valence-corrected chi connectivity index (χ4v) is 2.61. The van der Waals surface area contributed by atoms with Crippen LogP contribution in [0.5, 0.6) is 0 Å². The Balaban J connectivity index is 1.81. The smallest absolute Gasteiger partial charge is 0.274 e. The molecule has 6 nitrogen and oxygen atoms in total. The van der Waals surface area contributed by atoms with E-state index in [1.165, 1.54) is 6.07 Å². The van der Waals surface area contributed by atoms with E-state index in [9.17, 15) is 9.59 Å². The minimum absolute atomic E-state index is 0.195. The molecule has 1 aromatic carbocycles. The highest BCUT2D eigenvalue weighted by atomic mass is 16.3. The van der Waals surface area contributed by atoms with Gasteiger partial charge in [-0.3, -0.25) is 19.6 Å². The number of carbonyl (C=O) groups is 1. The minimum atomic E-state index is -0.382. The number of benzene rings is 1. The third-order valence-corrected chi connectivity index (χ3v) is 3.85. The monoisotopic (exact) mass is 343 g/mol. The van der Waals surface area contributed by atoms with Gasteiger partial charge in [0, 0.05) is 30.2 Å². The zero-order chi connectivity index (χ0) is 17.9. The summed E-state index contributed by atoms with van der Waals surface area (Å²) in [7, 11) is 0. The molecule has 0 radical (unpaired) electrons. The van der Waals surface area contributed by atoms with Crippen molar-refractivity contribution in [3.8, 4) is 11.3 Å². The molecule has 3 heterocycles. The lowest BCUT2D eigenvalue weighted by molar-refractivity contribution is 0.102. The number of pyridine rings is 2. The largest absolute Gasteiger partial charge is 0.454 e. The standard InChI is InChI=1S/C20H13N3O3/c24-17-11-18(13-5-4-9-21-12-13)26-19-14(17)6-3-8-15(19)23-20(25)16-7-1-2-10-22-16/h1-12H,(H,23,25). The van der Waals surface area contributed by atoms with Crippen LogP contribution < -0.4 is 10.7 Å². The average Bonchev–Trinajstić information content (AvgIpc) is 2.70. The van der Waals surface area contributed by atoms with Crippen molar-refractivity contribution in [3.05, 3.63) is 89.1 Å². The summed E-state index contributed by atoms with van der Waals surface area (Å²) in [5.41, 5.74) is 1.47. The molecule has 1 N–H and O–H groups in total. The quantitative estimate of drug-likeness (QED) is 0.615. The lowest BCUT2D eigenvalue weighted by Crippen LogP contribution is -2.14. The number of rotatable bonds is 3. The Morgan fingerprint density at radius 3 is 2.69 bits per heavy atom. The molecule has 4 aromatic rings. The Morgan fingerprint density at radius 2 is 1.92 bits per heavy atom. The summed E-state index contributed by atoms with van der Waals surface area (Å²) in [6.45, 7) is 0. The van der Waals surface area contributed by atoms with Crippen molar-refractivity contribution in [1.82, 2.24) is 9.97 Å². The van der Waals surface area contributed by atoms with E-state index < -0.39 is 0 Å². The van der Waals surface area contributed by atoms with Gasteiger partial charge in [-0.25, -0.2) is 0 Å². The van der Waals surface area contributed by atoms with Crippen LogP contribution >= 0.6 is 0 Å². The minimum Gasteiger partial charge on any atom is -0.454 e. The summed E-state index contributed by atoms with van der Waals surface area (Å²) >= 11 is 0. The topological polar surface area (TPSA) is 85.1 Å². The number of nitrogens with one attached hydrogen (secondary N) is 1. The van der Waals surface area contributed by atoms with Gasteiger partial charge in [0.25, 0.3) is 5.91 Å². The van der Waals surface area contributed by atoms with Crippen molar-refractivity contribution in [2.24, 2.45) is 0 Å². The summed E-state index contributed by atoms with van der Waals surface area (Å²) < 4.78 is 5.92. The highest BCUT2D eigenvalue weighted by Gasteiger charge is 2.14. The molecule has 1 amide bonds. The Morgan fingerprint density at radius 1 is 1.00 bits per heavy atom. The van der Waals surface area contributed by atoms with Crippen LogP contribution in [-0.4, -0.2) is 15.9 Å². The van der Waals surface area contributed by atoms with Gasteiger partial charge in [-0.15, -0.1) is 0 Å². The fourth-order valence-electron chi connectivity index (χ4n) is 2.61. The first-order valence-corrected chi connectivity index (χ1v) is 7.92. The third kappa shape index (κ3) is 2.95. The van der Waals surface area contributed by atoms with Crippen LogP contribution in [0.3, 0.4) is 0 Å². The van der Waals surface area contributed by atoms with E-state index in [0.29, 0.717) is 28.0 Å². The van der Waals surface area contributed by atoms with Gasteiger partial charge in [0.1, 0.15) is 11.5 Å². The number of fused-ring (bicyclic) bond motifs is 1. The van der Waals surface area contributed by atoms with E-state index in [1.807, 2.05) is 0 Å². The van der Waals surface area contributed by atoms with Gasteiger partial charge >= 0.3 is 0 Å². The third-order valence-electron chi connectivity index (χ3n) is 3.85. The van der Waals surface area contributed by atoms with E-state index in [1.54, 1.807) is 67.1 Å². The molecule has 0 aliphatic heterocycles. The van der Waals surface area contributed by atoms with Crippen LogP contribution in [-0.2, 0) is 0 Å². The van der Waals surface area contributed by atoms with Crippen LogP contribution in [0.4, 0.5) is 5.69 Å². The molecule has 4 rings (SSSR count). The second kappa shape index (κ2) is 6.60. The molecule has 0 bridgehead atoms. The number of hydrogen-bond acceptors (Lipinski definition) is 5. The second-order valence-corrected chi connectivity index (χ2v) is 5.57. The molecule has 126 valence electrons. The van der Waals surface area contributed by atoms with Crippen LogP contribution in [0.1, 0.15) is 10.5 Å². The maximum Gasteiger partial charge on any atom is 0.274 e. The summed E-state index contributed by atoms with van der Waals surface area (Å²) in [4.78, 5) is 32.9. The number of amides is 1. The zero-order valence-electron chi connectivity index (χ0n) is 13.5. The second-order valence-electron chi connectivity index (χ2n) is 5.57. The average molecular weight is 343 g/mol. The molecule has 3 aromatic heterocycles.